The smallest absolute Gasteiger partial charge is 0.340 e. The number of carbonyl (C=O) groups excluding carboxylic acids is 2. The van der Waals surface area contributed by atoms with Crippen LogP contribution < -0.4 is 5.32 Å². The molecule has 0 radical (unpaired) electrons. The highest BCUT2D eigenvalue weighted by atomic mass is 35.5. The van der Waals surface area contributed by atoms with Crippen molar-refractivity contribution in [2.45, 2.75) is 18.2 Å². The Bertz CT molecular complexity index is 732. The van der Waals surface area contributed by atoms with Gasteiger partial charge in [0.2, 0.25) is 0 Å². The summed E-state index contributed by atoms with van der Waals surface area (Å²) in [6, 6.07) is 12.6. The molecule has 4 nitrogen and oxygen atoms in total. The summed E-state index contributed by atoms with van der Waals surface area (Å²) in [5.41, 5.74) is 2.10. The first kappa shape index (κ1) is 18.4. The Balaban J connectivity index is 1.92. The molecular formula is C18H18ClNO3S. The minimum Gasteiger partial charge on any atom is -0.452 e. The van der Waals surface area contributed by atoms with Gasteiger partial charge in [0, 0.05) is 10.6 Å². The third-order valence-corrected chi connectivity index (χ3v) is 4.43. The quantitative estimate of drug-likeness (QED) is 0.609. The molecule has 1 amide bonds. The molecule has 0 aliphatic carbocycles. The number of benzene rings is 2. The van der Waals surface area contributed by atoms with Crippen molar-refractivity contribution in [2.75, 3.05) is 18.2 Å². The van der Waals surface area contributed by atoms with Crippen molar-refractivity contribution in [3.8, 4) is 0 Å². The van der Waals surface area contributed by atoms with Gasteiger partial charge in [-0.05, 0) is 48.6 Å². The average Bonchev–Trinajstić information content (AvgIpc) is 2.60. The number of anilines is 1. The molecule has 2 aromatic carbocycles. The third kappa shape index (κ3) is 5.01. The summed E-state index contributed by atoms with van der Waals surface area (Å²) in [6.07, 6.45) is 2.83. The molecule has 0 aliphatic heterocycles. The lowest BCUT2D eigenvalue weighted by atomic mass is 10.1. The van der Waals surface area contributed by atoms with Gasteiger partial charge in [-0.2, -0.15) is 0 Å². The number of halogens is 1. The third-order valence-electron chi connectivity index (χ3n) is 3.37. The van der Waals surface area contributed by atoms with Gasteiger partial charge in [0.1, 0.15) is 0 Å². The van der Waals surface area contributed by atoms with Gasteiger partial charge in [-0.1, -0.05) is 30.7 Å². The molecule has 6 heteroatoms. The van der Waals surface area contributed by atoms with E-state index in [0.717, 1.165) is 11.3 Å². The van der Waals surface area contributed by atoms with E-state index in [1.807, 2.05) is 36.6 Å². The Morgan fingerprint density at radius 1 is 1.17 bits per heavy atom. The first-order valence-corrected chi connectivity index (χ1v) is 9.03. The molecule has 2 aromatic rings. The maximum absolute atomic E-state index is 12.1. The van der Waals surface area contributed by atoms with Crippen molar-refractivity contribution >= 4 is 40.9 Å². The summed E-state index contributed by atoms with van der Waals surface area (Å²) in [5.74, 6) is -1.02. The summed E-state index contributed by atoms with van der Waals surface area (Å²) in [7, 11) is 0. The Morgan fingerprint density at radius 3 is 2.50 bits per heavy atom. The molecular weight excluding hydrogens is 346 g/mol. The highest BCUT2D eigenvalue weighted by Crippen LogP contribution is 2.23. The molecule has 0 unspecified atom stereocenters. The molecule has 0 aliphatic rings. The van der Waals surface area contributed by atoms with Crippen LogP contribution in [-0.4, -0.2) is 24.7 Å². The average molecular weight is 364 g/mol. The number of thioether (sulfide) groups is 1. The van der Waals surface area contributed by atoms with Crippen LogP contribution in [0.4, 0.5) is 5.69 Å². The fraction of sp³-hybridized carbons (Fsp3) is 0.222. The summed E-state index contributed by atoms with van der Waals surface area (Å²) < 4.78 is 5.04. The van der Waals surface area contributed by atoms with E-state index >= 15 is 0 Å². The van der Waals surface area contributed by atoms with Gasteiger partial charge in [-0.15, -0.1) is 11.8 Å². The Morgan fingerprint density at radius 2 is 1.88 bits per heavy atom. The zero-order chi connectivity index (χ0) is 17.5. The van der Waals surface area contributed by atoms with Crippen molar-refractivity contribution < 1.29 is 14.3 Å². The standard InChI is InChI=1S/C18H18ClNO3S/c1-3-12-4-6-13(7-5-12)20-17(21)11-23-18(22)15-10-14(24-2)8-9-16(15)19/h4-10H,3,11H2,1-2H3,(H,20,21). The lowest BCUT2D eigenvalue weighted by Crippen LogP contribution is -2.21. The summed E-state index contributed by atoms with van der Waals surface area (Å²) >= 11 is 7.50. The lowest BCUT2D eigenvalue weighted by Gasteiger charge is -2.09. The molecule has 24 heavy (non-hydrogen) atoms. The van der Waals surface area contributed by atoms with E-state index in [9.17, 15) is 9.59 Å². The minimum atomic E-state index is -0.618. The normalized spacial score (nSPS) is 10.3. The second-order valence-corrected chi connectivity index (χ2v) is 6.31. The Kier molecular flexibility index (Phi) is 6.70. The van der Waals surface area contributed by atoms with E-state index in [-0.39, 0.29) is 12.2 Å². The van der Waals surface area contributed by atoms with E-state index in [4.69, 9.17) is 16.3 Å². The summed E-state index contributed by atoms with van der Waals surface area (Å²) in [5, 5.41) is 2.98. The molecule has 0 spiro atoms. The molecule has 0 saturated heterocycles. The van der Waals surface area contributed by atoms with Crippen molar-refractivity contribution in [1.82, 2.24) is 0 Å². The molecule has 0 saturated carbocycles. The topological polar surface area (TPSA) is 55.4 Å². The van der Waals surface area contributed by atoms with Gasteiger partial charge in [0.05, 0.1) is 10.6 Å². The molecule has 0 heterocycles. The molecule has 0 fully saturated rings. The second kappa shape index (κ2) is 8.76. The predicted octanol–water partition coefficient (Wildman–Crippen LogP) is 4.42. The first-order chi connectivity index (χ1) is 11.5. The highest BCUT2D eigenvalue weighted by molar-refractivity contribution is 7.98. The van der Waals surface area contributed by atoms with Gasteiger partial charge in [0.25, 0.3) is 5.91 Å². The fourth-order valence-corrected chi connectivity index (χ4v) is 2.65. The molecule has 0 bridgehead atoms. The van der Waals surface area contributed by atoms with E-state index in [0.29, 0.717) is 10.7 Å². The van der Waals surface area contributed by atoms with Crippen LogP contribution in [0.15, 0.2) is 47.4 Å². The van der Waals surface area contributed by atoms with Crippen LogP contribution in [0, 0.1) is 0 Å². The maximum atomic E-state index is 12.1. The van der Waals surface area contributed by atoms with Crippen LogP contribution in [0.2, 0.25) is 5.02 Å². The van der Waals surface area contributed by atoms with Crippen molar-refractivity contribution in [3.63, 3.8) is 0 Å². The van der Waals surface area contributed by atoms with Crippen LogP contribution in [0.25, 0.3) is 0 Å². The molecule has 0 aromatic heterocycles. The molecule has 0 atom stereocenters. The molecule has 126 valence electrons. The number of aryl methyl sites for hydroxylation is 1. The maximum Gasteiger partial charge on any atom is 0.340 e. The van der Waals surface area contributed by atoms with E-state index in [1.165, 1.54) is 17.3 Å². The fourth-order valence-electron chi connectivity index (χ4n) is 2.02. The van der Waals surface area contributed by atoms with Crippen molar-refractivity contribution in [2.24, 2.45) is 0 Å². The molecule has 2 rings (SSSR count). The summed E-state index contributed by atoms with van der Waals surface area (Å²) in [6.45, 7) is 1.69. The van der Waals surface area contributed by atoms with Crippen LogP contribution >= 0.6 is 23.4 Å². The van der Waals surface area contributed by atoms with Crippen LogP contribution in [-0.2, 0) is 16.0 Å². The van der Waals surface area contributed by atoms with Gasteiger partial charge in [-0.3, -0.25) is 4.79 Å². The predicted molar refractivity (Wildman–Crippen MR) is 98.0 cm³/mol. The largest absolute Gasteiger partial charge is 0.452 e. The van der Waals surface area contributed by atoms with Crippen LogP contribution in [0.1, 0.15) is 22.8 Å². The highest BCUT2D eigenvalue weighted by Gasteiger charge is 2.14. The van der Waals surface area contributed by atoms with Crippen molar-refractivity contribution in [1.29, 1.82) is 0 Å². The molecule has 1 N–H and O–H groups in total. The zero-order valence-corrected chi connectivity index (χ0v) is 15.0. The van der Waals surface area contributed by atoms with E-state index in [1.54, 1.807) is 12.1 Å². The Labute approximate surface area is 150 Å². The lowest BCUT2D eigenvalue weighted by molar-refractivity contribution is -0.119. The van der Waals surface area contributed by atoms with Gasteiger partial charge in [0.15, 0.2) is 6.61 Å². The monoisotopic (exact) mass is 363 g/mol. The van der Waals surface area contributed by atoms with E-state index < -0.39 is 11.9 Å². The van der Waals surface area contributed by atoms with Crippen LogP contribution in [0.5, 0.6) is 0 Å². The number of ether oxygens (including phenoxy) is 1. The number of carbonyl (C=O) groups is 2. The number of rotatable bonds is 6. The van der Waals surface area contributed by atoms with Crippen LogP contribution in [0.3, 0.4) is 0 Å². The first-order valence-electron chi connectivity index (χ1n) is 7.43. The number of amides is 1. The van der Waals surface area contributed by atoms with Gasteiger partial charge in [-0.25, -0.2) is 4.79 Å². The Hall–Kier alpha value is -1.98. The minimum absolute atomic E-state index is 0.253. The SMILES string of the molecule is CCc1ccc(NC(=O)COC(=O)c2cc(SC)ccc2Cl)cc1. The number of hydrogen-bond acceptors (Lipinski definition) is 4. The number of hydrogen-bond donors (Lipinski definition) is 1. The van der Waals surface area contributed by atoms with Crippen molar-refractivity contribution in [3.05, 3.63) is 58.6 Å². The summed E-state index contributed by atoms with van der Waals surface area (Å²) in [4.78, 5) is 24.9. The zero-order valence-electron chi connectivity index (χ0n) is 13.5. The number of esters is 1. The second-order valence-electron chi connectivity index (χ2n) is 5.02. The van der Waals surface area contributed by atoms with Gasteiger partial charge < -0.3 is 10.1 Å². The van der Waals surface area contributed by atoms with E-state index in [2.05, 4.69) is 12.2 Å². The van der Waals surface area contributed by atoms with Gasteiger partial charge >= 0.3 is 5.97 Å². The number of nitrogens with one attached hydrogen (secondary N) is 1.